The third kappa shape index (κ3) is 1.73. The first kappa shape index (κ1) is 10.5. The standard InChI is InChI=1S/C12H11N5O/c1-8-7-10(18)14-12-16-15-11(17(8)12)13-9-5-3-2-4-6-9/h2-7H,1H3,(H,13,15)(H,14,16,18). The van der Waals surface area contributed by atoms with Crippen LogP contribution in [0.1, 0.15) is 5.69 Å². The van der Waals surface area contributed by atoms with Crippen molar-refractivity contribution in [3.8, 4) is 0 Å². The molecule has 6 heteroatoms. The van der Waals surface area contributed by atoms with Crippen molar-refractivity contribution in [1.29, 1.82) is 0 Å². The van der Waals surface area contributed by atoms with Gasteiger partial charge in [-0.05, 0) is 19.1 Å². The van der Waals surface area contributed by atoms with Gasteiger partial charge in [0.1, 0.15) is 0 Å². The molecule has 0 aliphatic rings. The highest BCUT2D eigenvalue weighted by Crippen LogP contribution is 2.15. The number of aromatic nitrogens is 4. The molecule has 0 saturated heterocycles. The Morgan fingerprint density at radius 3 is 2.78 bits per heavy atom. The summed E-state index contributed by atoms with van der Waals surface area (Å²) in [5, 5.41) is 11.1. The zero-order chi connectivity index (χ0) is 12.5. The van der Waals surface area contributed by atoms with Crippen molar-refractivity contribution >= 4 is 17.4 Å². The molecular weight excluding hydrogens is 230 g/mol. The van der Waals surface area contributed by atoms with Crippen molar-refractivity contribution < 1.29 is 0 Å². The molecule has 0 amide bonds. The van der Waals surface area contributed by atoms with E-state index in [1.807, 2.05) is 37.3 Å². The highest BCUT2D eigenvalue weighted by atomic mass is 16.1. The summed E-state index contributed by atoms with van der Waals surface area (Å²) in [5.74, 6) is 1.00. The van der Waals surface area contributed by atoms with Gasteiger partial charge in [-0.2, -0.15) is 0 Å². The Morgan fingerprint density at radius 1 is 1.22 bits per heavy atom. The molecule has 0 fully saturated rings. The van der Waals surface area contributed by atoms with Crippen molar-refractivity contribution in [3.63, 3.8) is 0 Å². The fourth-order valence-corrected chi connectivity index (χ4v) is 1.83. The minimum Gasteiger partial charge on any atom is -0.324 e. The van der Waals surface area contributed by atoms with Crippen LogP contribution in [-0.2, 0) is 0 Å². The maximum atomic E-state index is 11.3. The molecule has 2 N–H and O–H groups in total. The lowest BCUT2D eigenvalue weighted by Crippen LogP contribution is -2.10. The molecule has 0 aliphatic carbocycles. The Hall–Kier alpha value is -2.63. The van der Waals surface area contributed by atoms with E-state index in [0.717, 1.165) is 11.4 Å². The molecule has 0 saturated carbocycles. The zero-order valence-corrected chi connectivity index (χ0v) is 9.71. The van der Waals surface area contributed by atoms with Crippen molar-refractivity contribution in [2.45, 2.75) is 6.92 Å². The Morgan fingerprint density at radius 2 is 2.00 bits per heavy atom. The van der Waals surface area contributed by atoms with E-state index in [4.69, 9.17) is 0 Å². The Labute approximate surface area is 102 Å². The molecule has 2 heterocycles. The quantitative estimate of drug-likeness (QED) is 0.712. The molecule has 3 rings (SSSR count). The van der Waals surface area contributed by atoms with Crippen LogP contribution in [-0.4, -0.2) is 19.6 Å². The lowest BCUT2D eigenvalue weighted by Gasteiger charge is -2.05. The number of aryl methyl sites for hydroxylation is 1. The van der Waals surface area contributed by atoms with Crippen LogP contribution in [0.4, 0.5) is 11.6 Å². The SMILES string of the molecule is Cc1cc(=O)[nH]c2nnc(Nc3ccccc3)n12. The molecule has 0 unspecified atom stereocenters. The molecular formula is C12H11N5O. The van der Waals surface area contributed by atoms with Gasteiger partial charge in [-0.1, -0.05) is 18.2 Å². The summed E-state index contributed by atoms with van der Waals surface area (Å²) in [6.45, 7) is 1.84. The average molecular weight is 241 g/mol. The van der Waals surface area contributed by atoms with Crippen LogP contribution >= 0.6 is 0 Å². The van der Waals surface area contributed by atoms with E-state index in [-0.39, 0.29) is 5.56 Å². The molecule has 18 heavy (non-hydrogen) atoms. The number of hydrogen-bond acceptors (Lipinski definition) is 4. The first-order valence-electron chi connectivity index (χ1n) is 5.51. The van der Waals surface area contributed by atoms with Crippen molar-refractivity contribution in [2.75, 3.05) is 5.32 Å². The number of benzene rings is 1. The van der Waals surface area contributed by atoms with E-state index in [0.29, 0.717) is 11.7 Å². The Kier molecular flexibility index (Phi) is 2.33. The van der Waals surface area contributed by atoms with Crippen LogP contribution in [0.5, 0.6) is 0 Å². The third-order valence-corrected chi connectivity index (χ3v) is 2.62. The van der Waals surface area contributed by atoms with Crippen LogP contribution in [0, 0.1) is 6.92 Å². The van der Waals surface area contributed by atoms with Gasteiger partial charge in [-0.3, -0.25) is 14.2 Å². The minimum atomic E-state index is -0.182. The molecule has 3 aromatic rings. The normalized spacial score (nSPS) is 10.7. The van der Waals surface area contributed by atoms with Crippen molar-refractivity contribution in [1.82, 2.24) is 19.6 Å². The van der Waals surface area contributed by atoms with Gasteiger partial charge in [0.2, 0.25) is 11.7 Å². The van der Waals surface area contributed by atoms with E-state index < -0.39 is 0 Å². The summed E-state index contributed by atoms with van der Waals surface area (Å²) >= 11 is 0. The number of anilines is 2. The summed E-state index contributed by atoms with van der Waals surface area (Å²) in [4.78, 5) is 13.9. The topological polar surface area (TPSA) is 75.1 Å². The smallest absolute Gasteiger partial charge is 0.252 e. The van der Waals surface area contributed by atoms with Gasteiger partial charge >= 0.3 is 0 Å². The van der Waals surface area contributed by atoms with Crippen LogP contribution in [0.2, 0.25) is 0 Å². The average Bonchev–Trinajstić information content (AvgIpc) is 2.73. The second kappa shape index (κ2) is 3.99. The number of aromatic amines is 1. The van der Waals surface area contributed by atoms with Gasteiger partial charge in [0.15, 0.2) is 0 Å². The lowest BCUT2D eigenvalue weighted by molar-refractivity contribution is 1.02. The van der Waals surface area contributed by atoms with Crippen LogP contribution in [0.15, 0.2) is 41.2 Å². The maximum absolute atomic E-state index is 11.3. The molecule has 6 nitrogen and oxygen atoms in total. The molecule has 2 aromatic heterocycles. The molecule has 90 valence electrons. The number of hydrogen-bond donors (Lipinski definition) is 2. The monoisotopic (exact) mass is 241 g/mol. The van der Waals surface area contributed by atoms with Crippen LogP contribution < -0.4 is 10.9 Å². The molecule has 1 aromatic carbocycles. The molecule has 0 aliphatic heterocycles. The van der Waals surface area contributed by atoms with E-state index in [9.17, 15) is 4.79 Å². The fourth-order valence-electron chi connectivity index (χ4n) is 1.83. The first-order chi connectivity index (χ1) is 8.74. The Bertz CT molecular complexity index is 744. The van der Waals surface area contributed by atoms with Gasteiger partial charge in [-0.15, -0.1) is 10.2 Å². The molecule has 0 spiro atoms. The van der Waals surface area contributed by atoms with Gasteiger partial charge < -0.3 is 5.32 Å². The highest BCUT2D eigenvalue weighted by Gasteiger charge is 2.08. The number of H-pyrrole nitrogens is 1. The second-order valence-electron chi connectivity index (χ2n) is 3.95. The lowest BCUT2D eigenvalue weighted by atomic mass is 10.3. The van der Waals surface area contributed by atoms with E-state index >= 15 is 0 Å². The summed E-state index contributed by atoms with van der Waals surface area (Å²) in [6.07, 6.45) is 0. The van der Waals surface area contributed by atoms with Gasteiger partial charge in [0.25, 0.3) is 5.56 Å². The van der Waals surface area contributed by atoms with E-state index in [2.05, 4.69) is 20.5 Å². The number of para-hydroxylation sites is 1. The van der Waals surface area contributed by atoms with E-state index in [1.165, 1.54) is 6.07 Å². The van der Waals surface area contributed by atoms with Gasteiger partial charge in [0, 0.05) is 17.4 Å². The predicted octanol–water partition coefficient (Wildman–Crippen LogP) is 1.47. The number of nitrogens with zero attached hydrogens (tertiary/aromatic N) is 3. The number of nitrogens with one attached hydrogen (secondary N) is 2. The van der Waals surface area contributed by atoms with E-state index in [1.54, 1.807) is 4.40 Å². The second-order valence-corrected chi connectivity index (χ2v) is 3.95. The summed E-state index contributed by atoms with van der Waals surface area (Å²) in [5.41, 5.74) is 1.51. The number of fused-ring (bicyclic) bond motifs is 1. The predicted molar refractivity (Wildman–Crippen MR) is 68.1 cm³/mol. The molecule has 0 atom stereocenters. The Balaban J connectivity index is 2.11. The fraction of sp³-hybridized carbons (Fsp3) is 0.0833. The summed E-state index contributed by atoms with van der Waals surface area (Å²) in [6, 6.07) is 11.2. The van der Waals surface area contributed by atoms with Crippen LogP contribution in [0.25, 0.3) is 5.78 Å². The molecule has 0 bridgehead atoms. The largest absolute Gasteiger partial charge is 0.324 e. The number of rotatable bonds is 2. The first-order valence-corrected chi connectivity index (χ1v) is 5.51. The summed E-state index contributed by atoms with van der Waals surface area (Å²) < 4.78 is 1.76. The van der Waals surface area contributed by atoms with Crippen molar-refractivity contribution in [3.05, 3.63) is 52.4 Å². The zero-order valence-electron chi connectivity index (χ0n) is 9.71. The highest BCUT2D eigenvalue weighted by molar-refractivity contribution is 5.55. The van der Waals surface area contributed by atoms with Gasteiger partial charge in [0.05, 0.1) is 0 Å². The minimum absolute atomic E-state index is 0.182. The maximum Gasteiger partial charge on any atom is 0.252 e. The van der Waals surface area contributed by atoms with Crippen LogP contribution in [0.3, 0.4) is 0 Å². The van der Waals surface area contributed by atoms with Gasteiger partial charge in [-0.25, -0.2) is 0 Å². The summed E-state index contributed by atoms with van der Waals surface area (Å²) in [7, 11) is 0. The van der Waals surface area contributed by atoms with Crippen molar-refractivity contribution in [2.24, 2.45) is 0 Å². The third-order valence-electron chi connectivity index (χ3n) is 2.62. The molecule has 0 radical (unpaired) electrons.